The molecule has 18 heavy (non-hydrogen) atoms. The van der Waals surface area contributed by atoms with Crippen molar-refractivity contribution in [1.29, 1.82) is 0 Å². The third kappa shape index (κ3) is 3.24. The first-order valence-electron chi connectivity index (χ1n) is 5.10. The number of aliphatic carboxylic acids is 1. The Labute approximate surface area is 112 Å². The van der Waals surface area contributed by atoms with E-state index in [2.05, 4.69) is 15.9 Å². The van der Waals surface area contributed by atoms with Crippen molar-refractivity contribution < 1.29 is 24.6 Å². The van der Waals surface area contributed by atoms with Gasteiger partial charge >= 0.3 is 5.97 Å². The summed E-state index contributed by atoms with van der Waals surface area (Å²) in [5, 5.41) is 18.5. The van der Waals surface area contributed by atoms with Crippen molar-refractivity contribution in [3.8, 4) is 0 Å². The molecule has 0 aliphatic rings. The van der Waals surface area contributed by atoms with Crippen molar-refractivity contribution >= 4 is 34.0 Å². The molecule has 0 aliphatic carbocycles. The molecule has 0 saturated heterocycles. The van der Waals surface area contributed by atoms with E-state index in [9.17, 15) is 19.5 Å². The normalized spacial score (nSPS) is 11.9. The van der Waals surface area contributed by atoms with E-state index >= 15 is 0 Å². The number of benzene rings is 1. The SMILES string of the molecule is O=Cc1cc(C(O)C(=O)O)ccc1C(=O)CCBr. The molecule has 2 N–H and O–H groups in total. The van der Waals surface area contributed by atoms with Gasteiger partial charge < -0.3 is 10.2 Å². The molecule has 0 aromatic heterocycles. The van der Waals surface area contributed by atoms with Gasteiger partial charge in [-0.15, -0.1) is 0 Å². The van der Waals surface area contributed by atoms with Crippen LogP contribution in [0.25, 0.3) is 0 Å². The van der Waals surface area contributed by atoms with Gasteiger partial charge in [0.1, 0.15) is 0 Å². The van der Waals surface area contributed by atoms with E-state index < -0.39 is 12.1 Å². The number of aliphatic hydroxyl groups excluding tert-OH is 1. The monoisotopic (exact) mass is 314 g/mol. The Balaban J connectivity index is 3.15. The maximum atomic E-state index is 11.7. The first kappa shape index (κ1) is 14.5. The van der Waals surface area contributed by atoms with Gasteiger partial charge in [-0.25, -0.2) is 4.79 Å². The van der Waals surface area contributed by atoms with Gasteiger partial charge in [-0.3, -0.25) is 9.59 Å². The number of Topliss-reactive ketones (excluding diaryl/α,β-unsaturated/α-hetero) is 1. The molecule has 0 saturated carbocycles. The van der Waals surface area contributed by atoms with Crippen molar-refractivity contribution in [2.24, 2.45) is 0 Å². The van der Waals surface area contributed by atoms with Crippen molar-refractivity contribution in [2.45, 2.75) is 12.5 Å². The summed E-state index contributed by atoms with van der Waals surface area (Å²) >= 11 is 3.12. The summed E-state index contributed by atoms with van der Waals surface area (Å²) < 4.78 is 0. The molecule has 5 nitrogen and oxygen atoms in total. The zero-order valence-electron chi connectivity index (χ0n) is 9.30. The maximum absolute atomic E-state index is 11.7. The number of ketones is 1. The van der Waals surface area contributed by atoms with E-state index in [0.717, 1.165) is 0 Å². The quantitative estimate of drug-likeness (QED) is 0.472. The fourth-order valence-corrected chi connectivity index (χ4v) is 1.83. The highest BCUT2D eigenvalue weighted by Gasteiger charge is 2.18. The molecule has 1 unspecified atom stereocenters. The van der Waals surface area contributed by atoms with Crippen LogP contribution in [-0.4, -0.2) is 33.6 Å². The number of hydrogen-bond acceptors (Lipinski definition) is 4. The van der Waals surface area contributed by atoms with Gasteiger partial charge in [0.2, 0.25) is 0 Å². The maximum Gasteiger partial charge on any atom is 0.337 e. The molecule has 0 bridgehead atoms. The lowest BCUT2D eigenvalue weighted by Crippen LogP contribution is -2.12. The van der Waals surface area contributed by atoms with Gasteiger partial charge in [-0.05, 0) is 11.6 Å². The first-order chi connectivity index (χ1) is 8.51. The lowest BCUT2D eigenvalue weighted by molar-refractivity contribution is -0.146. The molecular weight excluding hydrogens is 304 g/mol. The molecule has 96 valence electrons. The Morgan fingerprint density at radius 2 is 2.06 bits per heavy atom. The van der Waals surface area contributed by atoms with E-state index in [4.69, 9.17) is 5.11 Å². The summed E-state index contributed by atoms with van der Waals surface area (Å²) in [6, 6.07) is 3.90. The van der Waals surface area contributed by atoms with Crippen LogP contribution in [-0.2, 0) is 4.79 Å². The number of carboxylic acids is 1. The standard InChI is InChI=1S/C12H11BrO5/c13-4-3-10(15)9-2-1-7(5-8(9)6-14)11(16)12(17)18/h1-2,5-6,11,16H,3-4H2,(H,17,18). The number of hydrogen-bond donors (Lipinski definition) is 2. The Morgan fingerprint density at radius 1 is 1.39 bits per heavy atom. The highest BCUT2D eigenvalue weighted by molar-refractivity contribution is 9.09. The minimum absolute atomic E-state index is 0.0694. The molecule has 0 aliphatic heterocycles. The highest BCUT2D eigenvalue weighted by atomic mass is 79.9. The van der Waals surface area contributed by atoms with E-state index in [-0.39, 0.29) is 28.9 Å². The molecule has 1 aromatic rings. The van der Waals surface area contributed by atoms with Gasteiger partial charge in [-0.1, -0.05) is 28.1 Å². The Bertz CT molecular complexity index is 483. The number of aliphatic hydroxyl groups is 1. The fourth-order valence-electron chi connectivity index (χ4n) is 1.47. The van der Waals surface area contributed by atoms with Crippen molar-refractivity contribution in [1.82, 2.24) is 0 Å². The second-order valence-corrected chi connectivity index (χ2v) is 4.36. The van der Waals surface area contributed by atoms with Crippen LogP contribution in [0.5, 0.6) is 0 Å². The van der Waals surface area contributed by atoms with Crippen LogP contribution in [0.1, 0.15) is 38.8 Å². The van der Waals surface area contributed by atoms with E-state index in [1.165, 1.54) is 18.2 Å². The molecule has 1 atom stereocenters. The zero-order chi connectivity index (χ0) is 13.7. The Hall–Kier alpha value is -1.53. The predicted molar refractivity (Wildman–Crippen MR) is 67.2 cm³/mol. The second-order valence-electron chi connectivity index (χ2n) is 3.57. The summed E-state index contributed by atoms with van der Waals surface area (Å²) in [6.07, 6.45) is -0.995. The van der Waals surface area contributed by atoms with Crippen LogP contribution in [0.2, 0.25) is 0 Å². The van der Waals surface area contributed by atoms with Crippen molar-refractivity contribution in [3.63, 3.8) is 0 Å². The van der Waals surface area contributed by atoms with Crippen LogP contribution in [0.4, 0.5) is 0 Å². The van der Waals surface area contributed by atoms with E-state index in [1.807, 2.05) is 0 Å². The molecule has 0 spiro atoms. The molecule has 0 amide bonds. The van der Waals surface area contributed by atoms with E-state index in [0.29, 0.717) is 11.6 Å². The topological polar surface area (TPSA) is 91.7 Å². The van der Waals surface area contributed by atoms with Gasteiger partial charge in [-0.2, -0.15) is 0 Å². The van der Waals surface area contributed by atoms with Crippen LogP contribution >= 0.6 is 15.9 Å². The smallest absolute Gasteiger partial charge is 0.337 e. The van der Waals surface area contributed by atoms with Crippen LogP contribution in [0.15, 0.2) is 18.2 Å². The number of carbonyl (C=O) groups excluding carboxylic acids is 2. The number of halogens is 1. The first-order valence-corrected chi connectivity index (χ1v) is 6.22. The number of carbonyl (C=O) groups is 3. The number of aldehydes is 1. The highest BCUT2D eigenvalue weighted by Crippen LogP contribution is 2.18. The van der Waals surface area contributed by atoms with Crippen LogP contribution < -0.4 is 0 Å². The summed E-state index contributed by atoms with van der Waals surface area (Å²) in [5.74, 6) is -1.63. The molecule has 6 heteroatoms. The van der Waals surface area contributed by atoms with Gasteiger partial charge in [0, 0.05) is 22.9 Å². The average molecular weight is 315 g/mol. The van der Waals surface area contributed by atoms with E-state index in [1.54, 1.807) is 0 Å². The minimum atomic E-state index is -1.70. The molecule has 1 rings (SSSR count). The predicted octanol–water partition coefficient (Wildman–Crippen LogP) is 1.58. The zero-order valence-corrected chi connectivity index (χ0v) is 10.9. The Kier molecular flexibility index (Phi) is 5.18. The second kappa shape index (κ2) is 6.42. The third-order valence-corrected chi connectivity index (χ3v) is 2.77. The lowest BCUT2D eigenvalue weighted by Gasteiger charge is -2.09. The fraction of sp³-hybridized carbons (Fsp3) is 0.250. The molecule has 1 aromatic carbocycles. The summed E-state index contributed by atoms with van der Waals surface area (Å²) in [4.78, 5) is 33.2. The third-order valence-electron chi connectivity index (χ3n) is 2.37. The van der Waals surface area contributed by atoms with Crippen LogP contribution in [0.3, 0.4) is 0 Å². The summed E-state index contributed by atoms with van der Waals surface area (Å²) in [6.45, 7) is 0. The van der Waals surface area contributed by atoms with Gasteiger partial charge in [0.25, 0.3) is 0 Å². The largest absolute Gasteiger partial charge is 0.479 e. The van der Waals surface area contributed by atoms with Gasteiger partial charge in [0.15, 0.2) is 18.2 Å². The number of carboxylic acid groups (broad SMARTS) is 1. The lowest BCUT2D eigenvalue weighted by atomic mass is 9.98. The average Bonchev–Trinajstić information content (AvgIpc) is 2.37. The molecule has 0 radical (unpaired) electrons. The van der Waals surface area contributed by atoms with Crippen molar-refractivity contribution in [2.75, 3.05) is 5.33 Å². The number of alkyl halides is 1. The molecular formula is C12H11BrO5. The van der Waals surface area contributed by atoms with Gasteiger partial charge in [0.05, 0.1) is 0 Å². The van der Waals surface area contributed by atoms with Crippen molar-refractivity contribution in [3.05, 3.63) is 34.9 Å². The van der Waals surface area contributed by atoms with Crippen LogP contribution in [0, 0.1) is 0 Å². The Morgan fingerprint density at radius 3 is 2.56 bits per heavy atom. The molecule has 0 fully saturated rings. The number of rotatable bonds is 6. The summed E-state index contributed by atoms with van der Waals surface area (Å²) in [5.41, 5.74) is 0.379. The minimum Gasteiger partial charge on any atom is -0.479 e. The molecule has 0 heterocycles. The summed E-state index contributed by atoms with van der Waals surface area (Å²) in [7, 11) is 0.